The Bertz CT molecular complexity index is 470. The fourth-order valence-electron chi connectivity index (χ4n) is 1.84. The topological polar surface area (TPSA) is 81.2 Å². The normalized spacial score (nSPS) is 14.2. The van der Waals surface area contributed by atoms with Crippen LogP contribution in [0.4, 0.5) is 0 Å². The number of aryl methyl sites for hydroxylation is 2. The maximum atomic E-state index is 11.5. The molecule has 1 aromatic rings. The van der Waals surface area contributed by atoms with Gasteiger partial charge in [0.1, 0.15) is 0 Å². The summed E-state index contributed by atoms with van der Waals surface area (Å²) >= 11 is 0. The van der Waals surface area contributed by atoms with Gasteiger partial charge in [-0.05, 0) is 30.5 Å². The third-order valence-electron chi connectivity index (χ3n) is 2.51. The number of imide groups is 1. The van der Waals surface area contributed by atoms with Crippen molar-refractivity contribution >= 4 is 17.4 Å². The van der Waals surface area contributed by atoms with Crippen molar-refractivity contribution in [3.8, 4) is 0 Å². The van der Waals surface area contributed by atoms with E-state index in [4.69, 9.17) is 0 Å². The molecule has 0 saturated carbocycles. The average Bonchev–Trinajstić information content (AvgIpc) is 2.45. The number of carbonyl (C=O) groups excluding carboxylic acids is 2. The summed E-state index contributed by atoms with van der Waals surface area (Å²) in [6.45, 7) is 3.86. The Morgan fingerprint density at radius 2 is 1.62 bits per heavy atom. The number of hydrogen-bond acceptors (Lipinski definition) is 3. The van der Waals surface area contributed by atoms with E-state index in [-0.39, 0.29) is 18.0 Å². The molecule has 1 aromatic carbocycles. The van der Waals surface area contributed by atoms with Crippen molar-refractivity contribution in [3.05, 3.63) is 41.0 Å². The van der Waals surface area contributed by atoms with Crippen LogP contribution >= 0.6 is 0 Å². The van der Waals surface area contributed by atoms with E-state index in [1.54, 1.807) is 0 Å². The van der Waals surface area contributed by atoms with Crippen LogP contribution in [0.25, 0.3) is 5.57 Å². The highest BCUT2D eigenvalue weighted by Crippen LogP contribution is 2.24. The molecule has 0 unspecified atom stereocenters. The summed E-state index contributed by atoms with van der Waals surface area (Å²) in [5, 5.41) is 2.25. The minimum Gasteiger partial charge on any atom is -0.344 e. The summed E-state index contributed by atoms with van der Waals surface area (Å²) in [5.41, 5.74) is 3.34. The Balaban J connectivity index is 0.00000128. The lowest BCUT2D eigenvalue weighted by Gasteiger charge is -2.08. The summed E-state index contributed by atoms with van der Waals surface area (Å²) in [4.78, 5) is 22.5. The second-order valence-corrected chi connectivity index (χ2v) is 3.64. The van der Waals surface area contributed by atoms with Crippen molar-refractivity contribution in [2.45, 2.75) is 13.8 Å². The van der Waals surface area contributed by atoms with E-state index in [1.807, 2.05) is 32.0 Å². The van der Waals surface area contributed by atoms with Crippen LogP contribution in [0, 0.1) is 13.8 Å². The highest BCUT2D eigenvalue weighted by atomic mass is 16.2. The molecule has 0 fully saturated rings. The Hall–Kier alpha value is -1.94. The number of benzene rings is 1. The van der Waals surface area contributed by atoms with E-state index < -0.39 is 0 Å². The first-order chi connectivity index (χ1) is 7.09. The zero-order valence-electron chi connectivity index (χ0n) is 9.33. The van der Waals surface area contributed by atoms with Gasteiger partial charge >= 0.3 is 0 Å². The quantitative estimate of drug-likeness (QED) is 0.701. The van der Waals surface area contributed by atoms with Crippen LogP contribution in [0.3, 0.4) is 0 Å². The molecule has 0 bridgehead atoms. The summed E-state index contributed by atoms with van der Waals surface area (Å²) in [6.07, 6.45) is 1.36. The van der Waals surface area contributed by atoms with Crippen LogP contribution in [0.1, 0.15) is 16.7 Å². The van der Waals surface area contributed by atoms with Gasteiger partial charge in [-0.1, -0.05) is 18.2 Å². The first-order valence-electron chi connectivity index (χ1n) is 4.73. The van der Waals surface area contributed by atoms with Crippen molar-refractivity contribution in [3.63, 3.8) is 0 Å². The summed E-state index contributed by atoms with van der Waals surface area (Å²) in [6, 6.07) is 5.79. The number of carbonyl (C=O) groups is 2. The van der Waals surface area contributed by atoms with Crippen molar-refractivity contribution in [1.82, 2.24) is 11.5 Å². The lowest BCUT2D eigenvalue weighted by Crippen LogP contribution is -2.22. The van der Waals surface area contributed by atoms with Gasteiger partial charge in [-0.25, -0.2) is 0 Å². The van der Waals surface area contributed by atoms with Gasteiger partial charge in [-0.2, -0.15) is 0 Å². The standard InChI is InChI=1S/C12H11NO2.H3N/c1-7-4-3-5-8(2)11(7)9-6-10(14)13-12(9)15;/h3-6H,1-2H3,(H,13,14,15);1H3. The Kier molecular flexibility index (Phi) is 3.25. The molecular weight excluding hydrogens is 204 g/mol. The number of amides is 2. The predicted octanol–water partition coefficient (Wildman–Crippen LogP) is 1.51. The molecule has 1 heterocycles. The van der Waals surface area contributed by atoms with Gasteiger partial charge in [0.15, 0.2) is 0 Å². The van der Waals surface area contributed by atoms with Crippen LogP contribution in [-0.4, -0.2) is 11.8 Å². The molecule has 4 nitrogen and oxygen atoms in total. The predicted molar refractivity (Wildman–Crippen MR) is 62.1 cm³/mol. The van der Waals surface area contributed by atoms with E-state index in [9.17, 15) is 9.59 Å². The van der Waals surface area contributed by atoms with Crippen molar-refractivity contribution in [1.29, 1.82) is 0 Å². The van der Waals surface area contributed by atoms with E-state index >= 15 is 0 Å². The number of rotatable bonds is 1. The minimum atomic E-state index is -0.336. The molecule has 84 valence electrons. The second kappa shape index (κ2) is 4.28. The van der Waals surface area contributed by atoms with E-state index in [2.05, 4.69) is 5.32 Å². The van der Waals surface area contributed by atoms with E-state index in [1.165, 1.54) is 6.08 Å². The zero-order chi connectivity index (χ0) is 11.0. The third-order valence-corrected chi connectivity index (χ3v) is 2.51. The molecule has 2 amide bonds. The van der Waals surface area contributed by atoms with Crippen molar-refractivity contribution < 1.29 is 9.59 Å². The van der Waals surface area contributed by atoms with Crippen molar-refractivity contribution in [2.24, 2.45) is 0 Å². The molecule has 0 aromatic heterocycles. The van der Waals surface area contributed by atoms with Gasteiger partial charge in [0.2, 0.25) is 0 Å². The Morgan fingerprint density at radius 3 is 2.06 bits per heavy atom. The highest BCUT2D eigenvalue weighted by Gasteiger charge is 2.24. The first kappa shape index (κ1) is 12.1. The molecule has 0 radical (unpaired) electrons. The lowest BCUT2D eigenvalue weighted by molar-refractivity contribution is -0.123. The van der Waals surface area contributed by atoms with Crippen LogP contribution in [0.2, 0.25) is 0 Å². The number of hydrogen-bond donors (Lipinski definition) is 2. The molecule has 0 aliphatic carbocycles. The van der Waals surface area contributed by atoms with Crippen molar-refractivity contribution in [2.75, 3.05) is 0 Å². The summed E-state index contributed by atoms with van der Waals surface area (Å²) < 4.78 is 0. The fraction of sp³-hybridized carbons (Fsp3) is 0.167. The van der Waals surface area contributed by atoms with Crippen LogP contribution in [-0.2, 0) is 9.59 Å². The van der Waals surface area contributed by atoms with Crippen LogP contribution < -0.4 is 11.5 Å². The van der Waals surface area contributed by atoms with Gasteiger partial charge in [-0.15, -0.1) is 0 Å². The Morgan fingerprint density at radius 1 is 1.06 bits per heavy atom. The smallest absolute Gasteiger partial charge is 0.258 e. The molecule has 4 N–H and O–H groups in total. The SMILES string of the molecule is Cc1cccc(C)c1C1=CC(=O)NC1=O.N. The minimum absolute atomic E-state index is 0. The first-order valence-corrected chi connectivity index (χ1v) is 4.73. The summed E-state index contributed by atoms with van der Waals surface area (Å²) in [5.74, 6) is -0.643. The zero-order valence-corrected chi connectivity index (χ0v) is 9.33. The van der Waals surface area contributed by atoms with Crippen LogP contribution in [0.15, 0.2) is 24.3 Å². The van der Waals surface area contributed by atoms with Gasteiger partial charge < -0.3 is 6.15 Å². The highest BCUT2D eigenvalue weighted by molar-refractivity contribution is 6.33. The Labute approximate surface area is 93.9 Å². The van der Waals surface area contributed by atoms with Gasteiger partial charge in [-0.3, -0.25) is 14.9 Å². The third kappa shape index (κ3) is 1.87. The summed E-state index contributed by atoms with van der Waals surface area (Å²) in [7, 11) is 0. The second-order valence-electron chi connectivity index (χ2n) is 3.64. The molecule has 0 atom stereocenters. The maximum Gasteiger partial charge on any atom is 0.258 e. The maximum absolute atomic E-state index is 11.5. The molecule has 0 saturated heterocycles. The fourth-order valence-corrected chi connectivity index (χ4v) is 1.84. The molecule has 1 aliphatic heterocycles. The molecular formula is C12H14N2O2. The van der Waals surface area contributed by atoms with Gasteiger partial charge in [0.05, 0.1) is 5.57 Å². The molecule has 4 heteroatoms. The molecule has 0 spiro atoms. The van der Waals surface area contributed by atoms with Gasteiger partial charge in [0, 0.05) is 6.08 Å². The monoisotopic (exact) mass is 218 g/mol. The molecule has 2 rings (SSSR count). The van der Waals surface area contributed by atoms with E-state index in [0.717, 1.165) is 16.7 Å². The average molecular weight is 218 g/mol. The van der Waals surface area contributed by atoms with Gasteiger partial charge in [0.25, 0.3) is 11.8 Å². The van der Waals surface area contributed by atoms with Crippen LogP contribution in [0.5, 0.6) is 0 Å². The largest absolute Gasteiger partial charge is 0.344 e. The lowest BCUT2D eigenvalue weighted by atomic mass is 9.96. The number of nitrogens with one attached hydrogen (secondary N) is 1. The van der Waals surface area contributed by atoms with E-state index in [0.29, 0.717) is 5.57 Å². The molecule has 1 aliphatic rings. The molecule has 16 heavy (non-hydrogen) atoms.